The predicted molar refractivity (Wildman–Crippen MR) is 56.8 cm³/mol. The van der Waals surface area contributed by atoms with Gasteiger partial charge in [0.25, 0.3) is 5.56 Å². The Labute approximate surface area is 88.7 Å². The summed E-state index contributed by atoms with van der Waals surface area (Å²) in [7, 11) is 0. The first-order valence-electron chi connectivity index (χ1n) is 5.35. The minimum Gasteiger partial charge on any atom is -0.376 e. The molecule has 0 spiro atoms. The molecule has 0 bridgehead atoms. The van der Waals surface area contributed by atoms with Gasteiger partial charge in [0.05, 0.1) is 24.5 Å². The van der Waals surface area contributed by atoms with E-state index in [1.165, 1.54) is 0 Å². The molecular weight excluding hydrogens is 192 g/mol. The highest BCUT2D eigenvalue weighted by Gasteiger charge is 2.15. The second-order valence-electron chi connectivity index (χ2n) is 4.34. The average molecular weight is 208 g/mol. The summed E-state index contributed by atoms with van der Waals surface area (Å²) in [5, 5.41) is 0. The monoisotopic (exact) mass is 208 g/mol. The van der Waals surface area contributed by atoms with Crippen LogP contribution in [-0.4, -0.2) is 16.6 Å². The molecule has 0 fully saturated rings. The smallest absolute Gasteiger partial charge is 0.256 e. The van der Waals surface area contributed by atoms with Gasteiger partial charge in [-0.1, -0.05) is 13.8 Å². The molecule has 0 unspecified atom stereocenters. The van der Waals surface area contributed by atoms with Crippen LogP contribution in [0.2, 0.25) is 0 Å². The topological polar surface area (TPSA) is 55.0 Å². The third kappa shape index (κ3) is 2.26. The lowest BCUT2D eigenvalue weighted by Crippen LogP contribution is -2.25. The van der Waals surface area contributed by atoms with E-state index in [2.05, 4.69) is 23.8 Å². The van der Waals surface area contributed by atoms with E-state index in [9.17, 15) is 4.79 Å². The minimum atomic E-state index is -0.0321. The fourth-order valence-corrected chi connectivity index (χ4v) is 1.78. The van der Waals surface area contributed by atoms with Gasteiger partial charge in [-0.2, -0.15) is 0 Å². The molecule has 4 nitrogen and oxygen atoms in total. The lowest BCUT2D eigenvalue weighted by molar-refractivity contribution is 0.107. The number of H-pyrrole nitrogens is 1. The molecule has 0 amide bonds. The Morgan fingerprint density at radius 2 is 2.33 bits per heavy atom. The van der Waals surface area contributed by atoms with Crippen LogP contribution in [0.5, 0.6) is 0 Å². The molecule has 0 aromatic carbocycles. The van der Waals surface area contributed by atoms with Gasteiger partial charge in [0, 0.05) is 12.8 Å². The van der Waals surface area contributed by atoms with Crippen LogP contribution in [0.1, 0.15) is 30.9 Å². The molecule has 2 rings (SSSR count). The Bertz CT molecular complexity index is 410. The van der Waals surface area contributed by atoms with Crippen molar-refractivity contribution < 1.29 is 4.74 Å². The lowest BCUT2D eigenvalue weighted by atomic mass is 10.1. The third-order valence-corrected chi connectivity index (χ3v) is 2.48. The summed E-state index contributed by atoms with van der Waals surface area (Å²) in [5.74, 6) is 1.31. The highest BCUT2D eigenvalue weighted by molar-refractivity contribution is 5.19. The molecule has 15 heavy (non-hydrogen) atoms. The second kappa shape index (κ2) is 4.14. The van der Waals surface area contributed by atoms with Crippen molar-refractivity contribution in [3.8, 4) is 0 Å². The van der Waals surface area contributed by atoms with E-state index < -0.39 is 0 Å². The maximum Gasteiger partial charge on any atom is 0.256 e. The van der Waals surface area contributed by atoms with Crippen LogP contribution < -0.4 is 5.56 Å². The molecule has 1 aromatic heterocycles. The van der Waals surface area contributed by atoms with Crippen LogP contribution in [0.3, 0.4) is 0 Å². The molecule has 4 heteroatoms. The molecule has 82 valence electrons. The highest BCUT2D eigenvalue weighted by atomic mass is 16.5. The van der Waals surface area contributed by atoms with E-state index in [0.717, 1.165) is 24.4 Å². The van der Waals surface area contributed by atoms with E-state index in [-0.39, 0.29) is 5.56 Å². The van der Waals surface area contributed by atoms with Gasteiger partial charge >= 0.3 is 0 Å². The Morgan fingerprint density at radius 3 is 3.07 bits per heavy atom. The van der Waals surface area contributed by atoms with Crippen LogP contribution in [0, 0.1) is 5.92 Å². The summed E-state index contributed by atoms with van der Waals surface area (Å²) in [6, 6.07) is 0. The first kappa shape index (κ1) is 10.4. The number of nitrogens with zero attached hydrogens (tertiary/aromatic N) is 1. The quantitative estimate of drug-likeness (QED) is 0.790. The molecular formula is C11H16N2O2. The van der Waals surface area contributed by atoms with Crippen LogP contribution in [-0.2, 0) is 24.2 Å². The minimum absolute atomic E-state index is 0.0321. The molecule has 1 aliphatic rings. The van der Waals surface area contributed by atoms with Crippen LogP contribution in [0.25, 0.3) is 0 Å². The van der Waals surface area contributed by atoms with Crippen molar-refractivity contribution in [2.45, 2.75) is 33.3 Å². The van der Waals surface area contributed by atoms with Crippen LogP contribution >= 0.6 is 0 Å². The van der Waals surface area contributed by atoms with Crippen molar-refractivity contribution in [3.63, 3.8) is 0 Å². The standard InChI is InChI=1S/C11H16N2O2/c1-7(2)5-10-12-9-3-4-15-6-8(9)11(14)13-10/h7H,3-6H2,1-2H3,(H,12,13,14). The zero-order valence-electron chi connectivity index (χ0n) is 9.17. The molecule has 2 heterocycles. The maximum atomic E-state index is 11.7. The number of hydrogen-bond donors (Lipinski definition) is 1. The molecule has 1 aliphatic heterocycles. The number of aromatic amines is 1. The number of fused-ring (bicyclic) bond motifs is 1. The van der Waals surface area contributed by atoms with Gasteiger partial charge in [-0.15, -0.1) is 0 Å². The summed E-state index contributed by atoms with van der Waals surface area (Å²) in [4.78, 5) is 19.0. The summed E-state index contributed by atoms with van der Waals surface area (Å²) >= 11 is 0. The normalized spacial score (nSPS) is 15.4. The van der Waals surface area contributed by atoms with Gasteiger partial charge in [-0.3, -0.25) is 4.79 Å². The summed E-state index contributed by atoms with van der Waals surface area (Å²) < 4.78 is 5.24. The third-order valence-electron chi connectivity index (χ3n) is 2.48. The molecule has 1 N–H and O–H groups in total. The molecule has 0 atom stereocenters. The number of nitrogens with one attached hydrogen (secondary N) is 1. The first-order chi connectivity index (χ1) is 7.16. The zero-order chi connectivity index (χ0) is 10.8. The van der Waals surface area contributed by atoms with E-state index >= 15 is 0 Å². The summed E-state index contributed by atoms with van der Waals surface area (Å²) in [6.45, 7) is 5.30. The highest BCUT2D eigenvalue weighted by Crippen LogP contribution is 2.11. The van der Waals surface area contributed by atoms with Gasteiger partial charge in [-0.05, 0) is 5.92 Å². The fourth-order valence-electron chi connectivity index (χ4n) is 1.78. The van der Waals surface area contributed by atoms with Gasteiger partial charge in [0.2, 0.25) is 0 Å². The summed E-state index contributed by atoms with van der Waals surface area (Å²) in [6.07, 6.45) is 1.58. The van der Waals surface area contributed by atoms with Crippen molar-refractivity contribution in [1.82, 2.24) is 9.97 Å². The number of ether oxygens (including phenoxy) is 1. The Morgan fingerprint density at radius 1 is 1.53 bits per heavy atom. The lowest BCUT2D eigenvalue weighted by Gasteiger charge is -2.15. The van der Waals surface area contributed by atoms with E-state index in [1.54, 1.807) is 0 Å². The van der Waals surface area contributed by atoms with E-state index in [1.807, 2.05) is 0 Å². The van der Waals surface area contributed by atoms with Crippen molar-refractivity contribution >= 4 is 0 Å². The van der Waals surface area contributed by atoms with Gasteiger partial charge < -0.3 is 9.72 Å². The summed E-state index contributed by atoms with van der Waals surface area (Å²) in [5.41, 5.74) is 1.59. The molecule has 0 aliphatic carbocycles. The number of aromatic nitrogens is 2. The van der Waals surface area contributed by atoms with Crippen LogP contribution in [0.4, 0.5) is 0 Å². The molecule has 0 saturated carbocycles. The Kier molecular flexibility index (Phi) is 2.86. The number of hydrogen-bond acceptors (Lipinski definition) is 3. The molecule has 1 aromatic rings. The van der Waals surface area contributed by atoms with Gasteiger partial charge in [0.15, 0.2) is 0 Å². The largest absolute Gasteiger partial charge is 0.376 e. The number of rotatable bonds is 2. The van der Waals surface area contributed by atoms with Gasteiger partial charge in [0.1, 0.15) is 5.82 Å². The van der Waals surface area contributed by atoms with Crippen molar-refractivity contribution in [3.05, 3.63) is 27.4 Å². The van der Waals surface area contributed by atoms with E-state index in [4.69, 9.17) is 4.74 Å². The SMILES string of the molecule is CC(C)Cc1nc2c(c(=O)[nH]1)COCC2. The molecule has 0 saturated heterocycles. The van der Waals surface area contributed by atoms with Gasteiger partial charge in [-0.25, -0.2) is 4.98 Å². The molecule has 0 radical (unpaired) electrons. The average Bonchev–Trinajstić information content (AvgIpc) is 2.16. The maximum absolute atomic E-state index is 11.7. The van der Waals surface area contributed by atoms with Crippen molar-refractivity contribution in [2.24, 2.45) is 5.92 Å². The first-order valence-corrected chi connectivity index (χ1v) is 5.35. The fraction of sp³-hybridized carbons (Fsp3) is 0.636. The van der Waals surface area contributed by atoms with Crippen LogP contribution in [0.15, 0.2) is 4.79 Å². The second-order valence-corrected chi connectivity index (χ2v) is 4.34. The Hall–Kier alpha value is -1.16. The van der Waals surface area contributed by atoms with E-state index in [0.29, 0.717) is 24.7 Å². The zero-order valence-corrected chi connectivity index (χ0v) is 9.17. The van der Waals surface area contributed by atoms with Crippen molar-refractivity contribution in [1.29, 1.82) is 0 Å². The van der Waals surface area contributed by atoms with Crippen molar-refractivity contribution in [2.75, 3.05) is 6.61 Å². The Balaban J connectivity index is 2.36. The predicted octanol–water partition coefficient (Wildman–Crippen LogP) is 1.04.